The average molecular weight is 289 g/mol. The van der Waals surface area contributed by atoms with Gasteiger partial charge in [-0.3, -0.25) is 0 Å². The van der Waals surface area contributed by atoms with E-state index in [0.29, 0.717) is 0 Å². The first-order valence-corrected chi connectivity index (χ1v) is 8.60. The van der Waals surface area contributed by atoms with E-state index >= 15 is 0 Å². The number of hydrogen-bond acceptors (Lipinski definition) is 1. The third-order valence-electron chi connectivity index (χ3n) is 0. The molecule has 0 rings (SSSR count). The van der Waals surface area contributed by atoms with E-state index in [4.69, 9.17) is 66.1 Å². The summed E-state index contributed by atoms with van der Waals surface area (Å²) in [5, 5.41) is 7.18. The van der Waals surface area contributed by atoms with Gasteiger partial charge in [0.05, 0.1) is 0 Å². The van der Waals surface area contributed by atoms with Gasteiger partial charge in [0.15, 0.2) is 0 Å². The SMILES string of the molecule is ClP(Cl)(Cl)(Cl)Cl.O=C(O)Cl. The average Bonchev–Trinajstić information content (AvgIpc) is 1.14. The van der Waals surface area contributed by atoms with E-state index in [1.54, 1.807) is 0 Å². The minimum Gasteiger partial charge on any atom is -0.469 e. The number of carbonyl (C=O) groups is 1. The summed E-state index contributed by atoms with van der Waals surface area (Å²) in [7, 11) is 0. The van der Waals surface area contributed by atoms with Crippen molar-refractivity contribution in [2.75, 3.05) is 0 Å². The topological polar surface area (TPSA) is 37.3 Å². The second-order valence-corrected chi connectivity index (χ2v) is 17.8. The van der Waals surface area contributed by atoms with Gasteiger partial charge in [0.25, 0.3) is 0 Å². The minimum absolute atomic E-state index is 1.36. The van der Waals surface area contributed by atoms with E-state index in [0.717, 1.165) is 0 Å². The van der Waals surface area contributed by atoms with Crippen molar-refractivity contribution in [1.29, 1.82) is 0 Å². The van der Waals surface area contributed by atoms with E-state index in [-0.39, 0.29) is 0 Å². The summed E-state index contributed by atoms with van der Waals surface area (Å²) in [6.45, 7) is 0. The van der Waals surface area contributed by atoms with Crippen LogP contribution in [0.4, 0.5) is 4.79 Å². The third-order valence-corrected chi connectivity index (χ3v) is 0. The number of carboxylic acid groups (broad SMARTS) is 1. The summed E-state index contributed by atoms with van der Waals surface area (Å²) in [4.78, 5) is 8.77. The number of halogens is 6. The molecule has 0 aromatic carbocycles. The van der Waals surface area contributed by atoms with Crippen molar-refractivity contribution in [1.82, 2.24) is 0 Å². The standard InChI is InChI=1S/CHClO2.Cl5P/c2-1(3)4;1-6(2,3,4)5/h(H,3,4);. The van der Waals surface area contributed by atoms with Gasteiger partial charge in [-0.05, 0) is 0 Å². The van der Waals surface area contributed by atoms with Gasteiger partial charge in [0.2, 0.25) is 0 Å². The zero-order chi connectivity index (χ0) is 9.02. The second-order valence-electron chi connectivity index (χ2n) is 0.892. The molecule has 0 saturated heterocycles. The van der Waals surface area contributed by atoms with Crippen LogP contribution in [0, 0.1) is 0 Å². The summed E-state index contributed by atoms with van der Waals surface area (Å²) in [6.07, 6.45) is 0. The molecule has 0 aliphatic rings. The van der Waals surface area contributed by atoms with Crippen LogP contribution in [0.25, 0.3) is 0 Å². The van der Waals surface area contributed by atoms with Crippen LogP contribution in [0.1, 0.15) is 0 Å². The first-order valence-electron chi connectivity index (χ1n) is 1.46. The summed E-state index contributed by atoms with van der Waals surface area (Å²) >= 11 is 29.1. The normalized spacial score (nSPS) is 14.0. The zero-order valence-electron chi connectivity index (χ0n) is 4.07. The first-order chi connectivity index (χ1) is 3.97. The summed E-state index contributed by atoms with van der Waals surface area (Å²) < 4.78 is -3.69. The van der Waals surface area contributed by atoms with E-state index in [9.17, 15) is 0 Å². The summed E-state index contributed by atoms with van der Waals surface area (Å²) in [5.41, 5.74) is -1.36. The maximum Gasteiger partial charge on any atom is 0.401 e. The van der Waals surface area contributed by atoms with Crippen LogP contribution in [-0.2, 0) is 0 Å². The van der Waals surface area contributed by atoms with Crippen LogP contribution in [0.5, 0.6) is 0 Å². The molecule has 0 aliphatic heterocycles. The molecule has 0 aromatic heterocycles. The van der Waals surface area contributed by atoms with Crippen molar-refractivity contribution in [3.05, 3.63) is 0 Å². The molecule has 9 heteroatoms. The number of rotatable bonds is 0. The quantitative estimate of drug-likeness (QED) is 0.490. The molecule has 0 saturated carbocycles. The molecule has 0 bridgehead atoms. The minimum atomic E-state index is -3.69. The van der Waals surface area contributed by atoms with Gasteiger partial charge < -0.3 is 5.11 Å². The van der Waals surface area contributed by atoms with Gasteiger partial charge in [0.1, 0.15) is 0 Å². The Morgan fingerprint density at radius 2 is 1.10 bits per heavy atom. The Labute approximate surface area is 86.2 Å². The van der Waals surface area contributed by atoms with Crippen molar-refractivity contribution in [3.63, 3.8) is 0 Å². The molecule has 1 N–H and O–H groups in total. The molecule has 10 heavy (non-hydrogen) atoms. The smallest absolute Gasteiger partial charge is 0.401 e. The maximum atomic E-state index is 8.77. The molecule has 2 nitrogen and oxygen atoms in total. The molecule has 0 radical (unpaired) electrons. The Morgan fingerprint density at radius 1 is 1.10 bits per heavy atom. The van der Waals surface area contributed by atoms with Crippen molar-refractivity contribution in [2.45, 2.75) is 0 Å². The molecule has 0 aromatic rings. The van der Waals surface area contributed by atoms with Gasteiger partial charge in [-0.15, -0.1) is 0 Å². The molecular weight excluding hydrogens is 288 g/mol. The van der Waals surface area contributed by atoms with Gasteiger partial charge in [-0.25, -0.2) is 4.79 Å². The van der Waals surface area contributed by atoms with Gasteiger partial charge in [-0.2, -0.15) is 0 Å². The fourth-order valence-corrected chi connectivity index (χ4v) is 0. The molecule has 0 heterocycles. The molecule has 0 unspecified atom stereocenters. The van der Waals surface area contributed by atoms with Gasteiger partial charge >= 0.3 is 65.0 Å². The Hall–Kier alpha value is 1.64. The summed E-state index contributed by atoms with van der Waals surface area (Å²) in [6, 6.07) is 0. The van der Waals surface area contributed by atoms with Gasteiger partial charge in [-0.1, -0.05) is 0 Å². The molecule has 0 fully saturated rings. The van der Waals surface area contributed by atoms with E-state index < -0.39 is 8.80 Å². The third kappa shape index (κ3) is 268. The number of hydrogen-bond donors (Lipinski definition) is 1. The molecule has 0 aliphatic carbocycles. The Balaban J connectivity index is 0. The van der Waals surface area contributed by atoms with Crippen molar-refractivity contribution >= 4 is 76.6 Å². The Bertz CT molecular complexity index is 102. The molecule has 0 atom stereocenters. The van der Waals surface area contributed by atoms with Crippen molar-refractivity contribution in [3.8, 4) is 0 Å². The van der Waals surface area contributed by atoms with Crippen LogP contribution in [0.3, 0.4) is 0 Å². The van der Waals surface area contributed by atoms with Crippen molar-refractivity contribution in [2.24, 2.45) is 0 Å². The van der Waals surface area contributed by atoms with Crippen LogP contribution in [0.2, 0.25) is 0 Å². The fraction of sp³-hybridized carbons (Fsp3) is 0. The molecular formula is CHCl6O2P. The van der Waals surface area contributed by atoms with E-state index in [1.165, 1.54) is 0 Å². The van der Waals surface area contributed by atoms with Gasteiger partial charge in [0, 0.05) is 11.6 Å². The molecule has 0 spiro atoms. The van der Waals surface area contributed by atoms with Crippen LogP contribution < -0.4 is 0 Å². The summed E-state index contributed by atoms with van der Waals surface area (Å²) in [5.74, 6) is 0. The van der Waals surface area contributed by atoms with Crippen LogP contribution >= 0.6 is 71.2 Å². The second kappa shape index (κ2) is 4.61. The van der Waals surface area contributed by atoms with E-state index in [2.05, 4.69) is 11.6 Å². The van der Waals surface area contributed by atoms with Crippen LogP contribution in [-0.4, -0.2) is 10.5 Å². The maximum absolute atomic E-state index is 8.77. The largest absolute Gasteiger partial charge is 0.469 e. The predicted molar refractivity (Wildman–Crippen MR) is 50.1 cm³/mol. The predicted octanol–water partition coefficient (Wildman–Crippen LogP) is 5.21. The Morgan fingerprint density at radius 3 is 1.10 bits per heavy atom. The fourth-order valence-electron chi connectivity index (χ4n) is 0. The zero-order valence-corrected chi connectivity index (χ0v) is 9.50. The molecule has 0 amide bonds. The van der Waals surface area contributed by atoms with E-state index in [1.807, 2.05) is 0 Å². The Kier molecular flexibility index (Phi) is 6.54. The monoisotopic (exact) mass is 286 g/mol. The van der Waals surface area contributed by atoms with Crippen LogP contribution in [0.15, 0.2) is 0 Å². The first kappa shape index (κ1) is 14.2. The van der Waals surface area contributed by atoms with Crippen molar-refractivity contribution < 1.29 is 9.90 Å². The molecule has 64 valence electrons.